The fourth-order valence-electron chi connectivity index (χ4n) is 1.89. The van der Waals surface area contributed by atoms with Crippen LogP contribution >= 0.6 is 23.4 Å². The molecular formula is C10H17N4O11P3. The lowest BCUT2D eigenvalue weighted by molar-refractivity contribution is -0.129. The summed E-state index contributed by atoms with van der Waals surface area (Å²) >= 11 is 0. The van der Waals surface area contributed by atoms with Crippen LogP contribution in [0.5, 0.6) is 0 Å². The first-order chi connectivity index (χ1) is 12.8. The highest BCUT2D eigenvalue weighted by molar-refractivity contribution is 7.54. The van der Waals surface area contributed by atoms with Crippen molar-refractivity contribution in [1.82, 2.24) is 19.1 Å². The molecule has 158 valence electrons. The predicted octanol–water partition coefficient (Wildman–Crippen LogP) is -1.15. The number of aliphatic hydroxyl groups is 2. The van der Waals surface area contributed by atoms with Crippen LogP contribution in [0.3, 0.4) is 0 Å². The molecule has 2 aromatic rings. The Morgan fingerprint density at radius 2 is 1.21 bits per heavy atom. The van der Waals surface area contributed by atoms with Gasteiger partial charge in [-0.2, -0.15) is 0 Å². The first-order valence-corrected chi connectivity index (χ1v) is 11.6. The second kappa shape index (κ2) is 8.27. The van der Waals surface area contributed by atoms with E-state index in [1.165, 1.54) is 24.8 Å². The van der Waals surface area contributed by atoms with Crippen molar-refractivity contribution in [3.05, 3.63) is 37.4 Å². The summed E-state index contributed by atoms with van der Waals surface area (Å²) in [6.07, 6.45) is 6.97. The van der Waals surface area contributed by atoms with E-state index < -0.39 is 47.6 Å². The van der Waals surface area contributed by atoms with Crippen molar-refractivity contribution in [3.63, 3.8) is 0 Å². The summed E-state index contributed by atoms with van der Waals surface area (Å²) in [5, 5.41) is 20.3. The molecular weight excluding hydrogens is 445 g/mol. The highest BCUT2D eigenvalue weighted by atomic mass is 31.2. The van der Waals surface area contributed by atoms with Gasteiger partial charge in [0.25, 0.3) is 11.1 Å². The Bertz CT molecular complexity index is 822. The fourth-order valence-corrected chi connectivity index (χ4v) is 4.69. The molecule has 0 saturated heterocycles. The van der Waals surface area contributed by atoms with Crippen LogP contribution in [0.25, 0.3) is 0 Å². The van der Waals surface area contributed by atoms with E-state index in [0.717, 1.165) is 21.8 Å². The molecule has 2 rings (SSSR count). The minimum atomic E-state index is -5.51. The summed E-state index contributed by atoms with van der Waals surface area (Å²) in [6.45, 7) is -1.90. The maximum atomic E-state index is 12.1. The van der Waals surface area contributed by atoms with E-state index in [-0.39, 0.29) is 0 Å². The summed E-state index contributed by atoms with van der Waals surface area (Å²) in [4.78, 5) is 44.6. The minimum Gasteiger partial charge on any atom is -0.354 e. The Balaban J connectivity index is 2.24. The summed E-state index contributed by atoms with van der Waals surface area (Å²) in [7, 11) is -15.3. The van der Waals surface area contributed by atoms with E-state index in [1.807, 2.05) is 0 Å². The van der Waals surface area contributed by atoms with Gasteiger partial charge in [-0.15, -0.1) is 0 Å². The quantitative estimate of drug-likeness (QED) is 0.181. The topological polar surface area (TPSA) is 227 Å². The molecule has 28 heavy (non-hydrogen) atoms. The molecule has 0 aliphatic carbocycles. The Hall–Kier alpha value is -1.21. The summed E-state index contributed by atoms with van der Waals surface area (Å²) < 4.78 is 46.1. The number of hydrogen-bond donors (Lipinski definition) is 6. The molecule has 0 fully saturated rings. The summed E-state index contributed by atoms with van der Waals surface area (Å²) in [5.74, 6) is 0. The van der Waals surface area contributed by atoms with Crippen LogP contribution in [-0.2, 0) is 35.8 Å². The van der Waals surface area contributed by atoms with Gasteiger partial charge >= 0.3 is 23.4 Å². The maximum absolute atomic E-state index is 12.1. The predicted molar refractivity (Wildman–Crippen MR) is 89.6 cm³/mol. The largest absolute Gasteiger partial charge is 0.386 e. The molecule has 0 radical (unpaired) electrons. The molecule has 2 aromatic heterocycles. The van der Waals surface area contributed by atoms with E-state index in [2.05, 4.69) is 19.0 Å². The molecule has 0 aliphatic rings. The first kappa shape index (κ1) is 23.1. The van der Waals surface area contributed by atoms with Crippen molar-refractivity contribution >= 4 is 23.4 Å². The molecule has 0 spiro atoms. The maximum Gasteiger partial charge on any atom is 0.386 e. The van der Waals surface area contributed by atoms with Crippen molar-refractivity contribution in [2.24, 2.45) is 0 Å². The molecule has 2 unspecified atom stereocenters. The average Bonchev–Trinajstić information content (AvgIpc) is 3.18. The zero-order valence-electron chi connectivity index (χ0n) is 13.8. The molecule has 6 N–H and O–H groups in total. The number of hydrogen-bond acceptors (Lipinski definition) is 9. The van der Waals surface area contributed by atoms with Crippen LogP contribution < -0.4 is 0 Å². The van der Waals surface area contributed by atoms with E-state index in [0.29, 0.717) is 0 Å². The smallest absolute Gasteiger partial charge is 0.354 e. The van der Waals surface area contributed by atoms with Gasteiger partial charge in [-0.1, -0.05) is 0 Å². The third-order valence-corrected chi connectivity index (χ3v) is 6.94. The number of aromatic nitrogens is 4. The average molecular weight is 462 g/mol. The van der Waals surface area contributed by atoms with E-state index in [1.54, 1.807) is 0 Å². The van der Waals surface area contributed by atoms with Gasteiger partial charge in [-0.3, -0.25) is 22.7 Å². The second-order valence-corrected chi connectivity index (χ2v) is 9.98. The molecule has 0 bridgehead atoms. The van der Waals surface area contributed by atoms with Gasteiger partial charge in [-0.05, 0) is 0 Å². The number of nitrogens with zero attached hydrogens (tertiary/aromatic N) is 4. The molecule has 18 heteroatoms. The van der Waals surface area contributed by atoms with Gasteiger partial charge < -0.3 is 38.9 Å². The standard InChI is InChI=1S/C10H17N4O11P3/c15-9(27(18,19)20,5-13-3-1-11-7-13)24-26(17)25-10(16,28(21,22)23)6-14-4-2-12-8-14/h1-4,7-8,15-16,26H,5-6H2,(H2,18,19,20)(H2,21,22,23). The van der Waals surface area contributed by atoms with Crippen LogP contribution in [0.4, 0.5) is 0 Å². The van der Waals surface area contributed by atoms with Crippen LogP contribution in [-0.4, -0.2) is 59.9 Å². The second-order valence-electron chi connectivity index (χ2n) is 5.50. The van der Waals surface area contributed by atoms with E-state index >= 15 is 0 Å². The Kier molecular flexibility index (Phi) is 6.81. The van der Waals surface area contributed by atoms with Crippen molar-refractivity contribution in [2.45, 2.75) is 24.1 Å². The van der Waals surface area contributed by atoms with Crippen molar-refractivity contribution in [1.29, 1.82) is 0 Å². The first-order valence-electron chi connectivity index (χ1n) is 7.15. The van der Waals surface area contributed by atoms with E-state index in [9.17, 15) is 43.5 Å². The molecule has 0 aromatic carbocycles. The fraction of sp³-hybridized carbons (Fsp3) is 0.400. The number of rotatable bonds is 10. The van der Waals surface area contributed by atoms with Gasteiger partial charge in [0.05, 0.1) is 25.7 Å². The highest BCUT2D eigenvalue weighted by Gasteiger charge is 2.53. The lowest BCUT2D eigenvalue weighted by Gasteiger charge is -2.32. The van der Waals surface area contributed by atoms with Crippen LogP contribution in [0.15, 0.2) is 37.4 Å². The SMILES string of the molecule is O=[PH](OC(O)(Cn1ccnc1)P(=O)(O)O)OC(O)(Cn1ccnc1)P(=O)(O)O. The Labute approximate surface area is 157 Å². The van der Waals surface area contributed by atoms with E-state index in [4.69, 9.17) is 0 Å². The highest BCUT2D eigenvalue weighted by Crippen LogP contribution is 2.58. The number of imidazole rings is 2. The zero-order valence-corrected chi connectivity index (χ0v) is 16.6. The van der Waals surface area contributed by atoms with Crippen molar-refractivity contribution in [3.8, 4) is 0 Å². The molecule has 0 amide bonds. The van der Waals surface area contributed by atoms with Gasteiger partial charge in [-0.25, -0.2) is 9.97 Å². The van der Waals surface area contributed by atoms with Crippen LogP contribution in [0.2, 0.25) is 0 Å². The normalized spacial score (nSPS) is 18.4. The Morgan fingerprint density at radius 3 is 1.46 bits per heavy atom. The van der Waals surface area contributed by atoms with Gasteiger partial charge in [0.15, 0.2) is 0 Å². The third-order valence-electron chi connectivity index (χ3n) is 3.30. The molecule has 0 saturated carbocycles. The summed E-state index contributed by atoms with van der Waals surface area (Å²) in [6, 6.07) is 0. The van der Waals surface area contributed by atoms with Gasteiger partial charge in [0, 0.05) is 24.8 Å². The zero-order chi connectivity index (χ0) is 21.2. The van der Waals surface area contributed by atoms with Crippen LogP contribution in [0.1, 0.15) is 0 Å². The lowest BCUT2D eigenvalue weighted by atomic mass is 10.6. The monoisotopic (exact) mass is 462 g/mol. The molecule has 2 heterocycles. The molecule has 2 atom stereocenters. The van der Waals surface area contributed by atoms with Crippen LogP contribution in [0, 0.1) is 0 Å². The third kappa shape index (κ3) is 5.44. The molecule has 15 nitrogen and oxygen atoms in total. The Morgan fingerprint density at radius 1 is 0.857 bits per heavy atom. The van der Waals surface area contributed by atoms with Crippen molar-refractivity contribution in [2.75, 3.05) is 0 Å². The van der Waals surface area contributed by atoms with Crippen molar-refractivity contribution < 1.29 is 52.5 Å². The van der Waals surface area contributed by atoms with Gasteiger partial charge in [0.1, 0.15) is 0 Å². The summed E-state index contributed by atoms with van der Waals surface area (Å²) in [5.41, 5.74) is -6.79. The molecule has 0 aliphatic heterocycles. The van der Waals surface area contributed by atoms with Gasteiger partial charge in [0.2, 0.25) is 0 Å². The lowest BCUT2D eigenvalue weighted by Crippen LogP contribution is -2.38. The minimum absolute atomic E-state index is 0.951.